The van der Waals surface area contributed by atoms with Crippen LogP contribution in [0.5, 0.6) is 5.75 Å². The Labute approximate surface area is 196 Å². The molecule has 33 heavy (non-hydrogen) atoms. The molecule has 8 heteroatoms. The fourth-order valence-corrected chi connectivity index (χ4v) is 4.21. The molecule has 1 atom stereocenters. The van der Waals surface area contributed by atoms with Crippen LogP contribution in [0.25, 0.3) is 11.3 Å². The van der Waals surface area contributed by atoms with Crippen molar-refractivity contribution in [2.24, 2.45) is 5.92 Å². The number of methoxy groups -OCH3 is 1. The molecule has 1 aromatic carbocycles. The van der Waals surface area contributed by atoms with E-state index in [9.17, 15) is 9.59 Å². The Kier molecular flexibility index (Phi) is 8.88. The average molecular weight is 457 g/mol. The maximum atomic E-state index is 13.1. The van der Waals surface area contributed by atoms with Crippen molar-refractivity contribution in [1.29, 1.82) is 0 Å². The molecule has 0 saturated carbocycles. The van der Waals surface area contributed by atoms with Crippen LogP contribution in [-0.4, -0.2) is 73.1 Å². The highest BCUT2D eigenvalue weighted by atomic mass is 16.5. The van der Waals surface area contributed by atoms with Gasteiger partial charge in [-0.2, -0.15) is 0 Å². The molecule has 0 radical (unpaired) electrons. The van der Waals surface area contributed by atoms with E-state index in [0.717, 1.165) is 18.5 Å². The van der Waals surface area contributed by atoms with E-state index in [4.69, 9.17) is 9.26 Å². The number of nitrogens with zero attached hydrogens (tertiary/aromatic N) is 3. The molecule has 3 rings (SSSR count). The maximum Gasteiger partial charge on any atom is 0.276 e. The van der Waals surface area contributed by atoms with Crippen molar-refractivity contribution in [2.75, 3.05) is 40.3 Å². The van der Waals surface area contributed by atoms with E-state index in [-0.39, 0.29) is 29.8 Å². The lowest BCUT2D eigenvalue weighted by atomic mass is 10.1. The van der Waals surface area contributed by atoms with Gasteiger partial charge in [-0.3, -0.25) is 9.59 Å². The molecule has 2 aromatic rings. The van der Waals surface area contributed by atoms with Crippen LogP contribution in [0.2, 0.25) is 0 Å². The van der Waals surface area contributed by atoms with Crippen LogP contribution in [0.3, 0.4) is 0 Å². The number of amides is 2. The predicted molar refractivity (Wildman–Crippen MR) is 127 cm³/mol. The summed E-state index contributed by atoms with van der Waals surface area (Å²) in [5.74, 6) is 1.19. The van der Waals surface area contributed by atoms with Gasteiger partial charge in [-0.05, 0) is 50.9 Å². The van der Waals surface area contributed by atoms with Gasteiger partial charge < -0.3 is 24.4 Å². The number of hydrogen-bond donors (Lipinski definition) is 1. The quantitative estimate of drug-likeness (QED) is 0.557. The first kappa shape index (κ1) is 24.8. The van der Waals surface area contributed by atoms with Crippen molar-refractivity contribution in [3.63, 3.8) is 0 Å². The average Bonchev–Trinajstić information content (AvgIpc) is 3.45. The normalized spacial score (nSPS) is 16.2. The molecule has 2 heterocycles. The number of rotatable bonds is 11. The Morgan fingerprint density at radius 1 is 1.33 bits per heavy atom. The largest absolute Gasteiger partial charge is 0.497 e. The van der Waals surface area contributed by atoms with Crippen molar-refractivity contribution in [1.82, 2.24) is 20.3 Å². The Balaban J connectivity index is 1.56. The molecule has 1 fully saturated rings. The van der Waals surface area contributed by atoms with Crippen molar-refractivity contribution < 1.29 is 18.8 Å². The smallest absolute Gasteiger partial charge is 0.276 e. The molecule has 1 aliphatic rings. The lowest BCUT2D eigenvalue weighted by Crippen LogP contribution is -2.38. The minimum atomic E-state index is -0.234. The number of aromatic nitrogens is 1. The highest BCUT2D eigenvalue weighted by Gasteiger charge is 2.23. The predicted octanol–water partition coefficient (Wildman–Crippen LogP) is 3.44. The van der Waals surface area contributed by atoms with Crippen LogP contribution in [0.4, 0.5) is 0 Å². The highest BCUT2D eigenvalue weighted by molar-refractivity contribution is 5.93. The number of ether oxygens (including phenoxy) is 1. The summed E-state index contributed by atoms with van der Waals surface area (Å²) in [4.78, 5) is 29.6. The zero-order valence-corrected chi connectivity index (χ0v) is 20.2. The van der Waals surface area contributed by atoms with Crippen molar-refractivity contribution in [3.05, 3.63) is 36.0 Å². The van der Waals surface area contributed by atoms with Gasteiger partial charge in [0.05, 0.1) is 7.11 Å². The summed E-state index contributed by atoms with van der Waals surface area (Å²) in [6.45, 7) is 6.77. The second-order valence-corrected chi connectivity index (χ2v) is 9.12. The molecule has 1 saturated heterocycles. The number of carbonyl (C=O) groups excluding carboxylic acids is 2. The summed E-state index contributed by atoms with van der Waals surface area (Å²) >= 11 is 0. The fraction of sp³-hybridized carbons (Fsp3) is 0.560. The molecule has 1 aliphatic heterocycles. The molecule has 0 bridgehead atoms. The zero-order valence-electron chi connectivity index (χ0n) is 20.2. The van der Waals surface area contributed by atoms with Crippen LogP contribution in [-0.2, 0) is 4.79 Å². The topological polar surface area (TPSA) is 87.9 Å². The standard InChI is InChI=1S/C25H36N4O4/c1-18(2)17-29(14-11-24(30)26-12-10-20-8-6-13-28(20)3)25(31)22-16-23(33-27-22)19-7-5-9-21(15-19)32-4/h5,7,9,15-16,18,20H,6,8,10-14,17H2,1-4H3,(H,26,30)/t20-/m1/s1. The zero-order chi connectivity index (χ0) is 23.8. The van der Waals surface area contributed by atoms with Gasteiger partial charge >= 0.3 is 0 Å². The molecule has 1 aromatic heterocycles. The van der Waals surface area contributed by atoms with E-state index < -0.39 is 0 Å². The molecular formula is C25H36N4O4. The molecule has 8 nitrogen and oxygen atoms in total. The molecule has 0 unspecified atom stereocenters. The molecule has 1 N–H and O–H groups in total. The lowest BCUT2D eigenvalue weighted by Gasteiger charge is -2.23. The lowest BCUT2D eigenvalue weighted by molar-refractivity contribution is -0.121. The number of benzene rings is 1. The monoisotopic (exact) mass is 456 g/mol. The number of likely N-dealkylation sites (tertiary alicyclic amines) is 1. The molecular weight excluding hydrogens is 420 g/mol. The summed E-state index contributed by atoms with van der Waals surface area (Å²) in [5.41, 5.74) is 1.02. The Morgan fingerprint density at radius 3 is 2.85 bits per heavy atom. The van der Waals surface area contributed by atoms with E-state index in [1.807, 2.05) is 38.1 Å². The summed E-state index contributed by atoms with van der Waals surface area (Å²) in [6.07, 6.45) is 3.64. The van der Waals surface area contributed by atoms with Crippen molar-refractivity contribution in [2.45, 2.75) is 45.6 Å². The minimum Gasteiger partial charge on any atom is -0.497 e. The van der Waals surface area contributed by atoms with Gasteiger partial charge in [-0.25, -0.2) is 0 Å². The van der Waals surface area contributed by atoms with Gasteiger partial charge in [0.25, 0.3) is 5.91 Å². The van der Waals surface area contributed by atoms with E-state index in [1.54, 1.807) is 18.1 Å². The second kappa shape index (κ2) is 11.8. The summed E-state index contributed by atoms with van der Waals surface area (Å²) in [6, 6.07) is 9.59. The van der Waals surface area contributed by atoms with Gasteiger partial charge in [0.1, 0.15) is 5.75 Å². The summed E-state index contributed by atoms with van der Waals surface area (Å²) < 4.78 is 10.7. The van der Waals surface area contributed by atoms with Crippen LogP contribution in [0, 0.1) is 5.92 Å². The van der Waals surface area contributed by atoms with Crippen LogP contribution < -0.4 is 10.1 Å². The van der Waals surface area contributed by atoms with E-state index in [2.05, 4.69) is 22.4 Å². The van der Waals surface area contributed by atoms with Gasteiger partial charge in [0, 0.05) is 43.7 Å². The fourth-order valence-electron chi connectivity index (χ4n) is 4.21. The summed E-state index contributed by atoms with van der Waals surface area (Å²) in [5, 5.41) is 7.00. The molecule has 0 spiro atoms. The molecule has 2 amide bonds. The Hall–Kier alpha value is -2.87. The maximum absolute atomic E-state index is 13.1. The SMILES string of the molecule is COc1cccc(-c2cc(C(=O)N(CCC(=O)NCC[C@H]3CCCN3C)CC(C)C)no2)c1. The van der Waals surface area contributed by atoms with Crippen LogP contribution in [0.1, 0.15) is 50.0 Å². The third kappa shape index (κ3) is 7.05. The Morgan fingerprint density at radius 2 is 2.15 bits per heavy atom. The van der Waals surface area contributed by atoms with Crippen molar-refractivity contribution in [3.8, 4) is 17.1 Å². The van der Waals surface area contributed by atoms with Crippen LogP contribution >= 0.6 is 0 Å². The van der Waals surface area contributed by atoms with E-state index in [0.29, 0.717) is 37.2 Å². The highest BCUT2D eigenvalue weighted by Crippen LogP contribution is 2.25. The van der Waals surface area contributed by atoms with Crippen LogP contribution in [0.15, 0.2) is 34.9 Å². The number of carbonyl (C=O) groups is 2. The van der Waals surface area contributed by atoms with Gasteiger partial charge in [-0.1, -0.05) is 31.1 Å². The van der Waals surface area contributed by atoms with E-state index >= 15 is 0 Å². The first-order chi connectivity index (χ1) is 15.9. The first-order valence-corrected chi connectivity index (χ1v) is 11.7. The Bertz CT molecular complexity index is 927. The number of nitrogens with one attached hydrogen (secondary N) is 1. The van der Waals surface area contributed by atoms with E-state index in [1.165, 1.54) is 12.8 Å². The molecule has 0 aliphatic carbocycles. The van der Waals surface area contributed by atoms with Gasteiger partial charge in [0.15, 0.2) is 11.5 Å². The summed E-state index contributed by atoms with van der Waals surface area (Å²) in [7, 11) is 3.74. The van der Waals surface area contributed by atoms with Gasteiger partial charge in [-0.15, -0.1) is 0 Å². The minimum absolute atomic E-state index is 0.0329. The third-order valence-corrected chi connectivity index (χ3v) is 6.04. The van der Waals surface area contributed by atoms with Gasteiger partial charge in [0.2, 0.25) is 5.91 Å². The second-order valence-electron chi connectivity index (χ2n) is 9.12. The first-order valence-electron chi connectivity index (χ1n) is 11.7. The molecule has 180 valence electrons. The third-order valence-electron chi connectivity index (χ3n) is 6.04. The van der Waals surface area contributed by atoms with Crippen molar-refractivity contribution >= 4 is 11.8 Å². The number of hydrogen-bond acceptors (Lipinski definition) is 6.